The number of nitrogens with two attached hydrogens (primary N) is 1. The van der Waals surface area contributed by atoms with E-state index in [0.717, 1.165) is 88.4 Å². The van der Waals surface area contributed by atoms with Gasteiger partial charge in [-0.25, -0.2) is 9.97 Å². The molecule has 4 amide bonds. The Labute approximate surface area is 465 Å². The Balaban J connectivity index is 0.704. The Hall–Kier alpha value is -6.31. The number of piperazine rings is 1. The van der Waals surface area contributed by atoms with E-state index in [1.54, 1.807) is 29.2 Å². The van der Waals surface area contributed by atoms with Crippen molar-refractivity contribution in [2.24, 2.45) is 11.1 Å². The van der Waals surface area contributed by atoms with Crippen molar-refractivity contribution in [2.75, 3.05) is 78.9 Å². The molecule has 3 aromatic heterocycles. The molecule has 0 aliphatic carbocycles. The largest absolute Gasteiger partial charge is 0.484 e. The van der Waals surface area contributed by atoms with Gasteiger partial charge in [-0.2, -0.15) is 13.2 Å². The average molecular weight is 1130 g/mol. The number of β-amino-alcohol motifs (C(OH)–C–C–N with tert-alkyl or cyclic N) is 1. The van der Waals surface area contributed by atoms with Gasteiger partial charge in [-0.1, -0.05) is 69.3 Å². The molecular formula is C56H68F3N9O9S2. The van der Waals surface area contributed by atoms with E-state index >= 15 is 0 Å². The number of carbonyl (C=O) groups is 4. The second-order valence-corrected chi connectivity index (χ2v) is 22.6. The number of thiazole rings is 1. The van der Waals surface area contributed by atoms with E-state index in [1.807, 2.05) is 74.7 Å². The quantitative estimate of drug-likeness (QED) is 0.0462. The molecule has 424 valence electrons. The number of ether oxygens (including phenoxy) is 4. The van der Waals surface area contributed by atoms with Crippen LogP contribution in [0.2, 0.25) is 0 Å². The van der Waals surface area contributed by atoms with Crippen LogP contribution in [-0.2, 0) is 47.9 Å². The molecule has 2 aliphatic rings. The third-order valence-corrected chi connectivity index (χ3v) is 16.0. The lowest BCUT2D eigenvalue weighted by Gasteiger charge is -2.35. The van der Waals surface area contributed by atoms with Crippen molar-refractivity contribution in [3.63, 3.8) is 0 Å². The fourth-order valence-corrected chi connectivity index (χ4v) is 11.4. The number of hydrogen-bond donors (Lipinski definition) is 4. The molecule has 5 N–H and O–H groups in total. The zero-order valence-electron chi connectivity index (χ0n) is 44.9. The Morgan fingerprint density at radius 1 is 0.873 bits per heavy atom. The molecule has 1 unspecified atom stereocenters. The van der Waals surface area contributed by atoms with Crippen LogP contribution < -0.4 is 21.1 Å². The van der Waals surface area contributed by atoms with Crippen molar-refractivity contribution in [3.8, 4) is 21.2 Å². The minimum absolute atomic E-state index is 0.0291. The summed E-state index contributed by atoms with van der Waals surface area (Å²) < 4.78 is 66.2. The number of carbonyl (C=O) groups excluding carboxylic acids is 4. The fourth-order valence-electron chi connectivity index (χ4n) is 9.64. The number of nitrogens with one attached hydrogen (secondary N) is 2. The molecular weight excluding hydrogens is 1060 g/mol. The van der Waals surface area contributed by atoms with E-state index in [1.165, 1.54) is 30.0 Å². The zero-order chi connectivity index (χ0) is 56.4. The first-order chi connectivity index (χ1) is 37.7. The topological polar surface area (TPSA) is 216 Å². The zero-order valence-corrected chi connectivity index (χ0v) is 46.6. The van der Waals surface area contributed by atoms with Gasteiger partial charge in [0.2, 0.25) is 17.7 Å². The predicted octanol–water partition coefficient (Wildman–Crippen LogP) is 6.75. The lowest BCUT2D eigenvalue weighted by Crippen LogP contribution is -2.58. The fraction of sp³-hybridized carbons (Fsp3) is 0.464. The van der Waals surface area contributed by atoms with Gasteiger partial charge >= 0.3 is 6.18 Å². The van der Waals surface area contributed by atoms with Crippen LogP contribution in [0.4, 0.5) is 13.2 Å². The summed E-state index contributed by atoms with van der Waals surface area (Å²) in [5, 5.41) is 16.9. The molecule has 0 saturated carbocycles. The number of aryl methyl sites for hydroxylation is 1. The molecule has 0 radical (unpaired) electrons. The minimum Gasteiger partial charge on any atom is -0.484 e. The molecule has 2 saturated heterocycles. The minimum atomic E-state index is -4.58. The molecule has 23 heteroatoms. The molecule has 2 fully saturated rings. The molecule has 79 heavy (non-hydrogen) atoms. The number of imidazole rings is 1. The third-order valence-electron chi connectivity index (χ3n) is 13.9. The number of benzene rings is 3. The first-order valence-corrected chi connectivity index (χ1v) is 27.9. The van der Waals surface area contributed by atoms with Crippen LogP contribution in [0.5, 0.6) is 5.75 Å². The Bertz CT molecular complexity index is 3040. The summed E-state index contributed by atoms with van der Waals surface area (Å²) in [6.45, 7) is 15.4. The average Bonchev–Trinajstić information content (AvgIpc) is 4.35. The number of halogens is 3. The van der Waals surface area contributed by atoms with Crippen LogP contribution in [0.15, 0.2) is 84.6 Å². The van der Waals surface area contributed by atoms with Crippen LogP contribution in [-0.4, -0.2) is 155 Å². The standard InChI is InChI=1S/C56H68F3N9O9S2/c1-35-49(78-34-63-35)39-13-10-37(11-14-39)29-61-53(72)45-27-40(69)31-67(45)54(73)51(55(3,4)5)64-47(70)32-76-25-24-75-23-22-74-21-20-65-16-18-66(19-17-65)30-38-12-15-43-44(26-38)68(33-62-43)48-28-46(50(79-48)52(60)71)77-36(2)41-8-6-7-9-42(41)56(57,58)59/h6-15,26,28,33-34,36,40,45,51,69H,16-25,27,29-32H2,1-5H3,(H2,60,71)(H,61,72)(H,64,70)/t36-,40?,45+,51-/m1/s1. The number of amides is 4. The van der Waals surface area contributed by atoms with Gasteiger partial charge in [-0.15, -0.1) is 22.7 Å². The molecule has 8 rings (SSSR count). The van der Waals surface area contributed by atoms with Crippen molar-refractivity contribution in [1.29, 1.82) is 0 Å². The maximum Gasteiger partial charge on any atom is 0.416 e. The molecule has 4 atom stereocenters. The second kappa shape index (κ2) is 26.3. The summed E-state index contributed by atoms with van der Waals surface area (Å²) in [4.78, 5) is 69.1. The smallest absolute Gasteiger partial charge is 0.416 e. The molecule has 0 bridgehead atoms. The van der Waals surface area contributed by atoms with E-state index in [9.17, 15) is 37.5 Å². The van der Waals surface area contributed by atoms with Crippen LogP contribution >= 0.6 is 22.7 Å². The first kappa shape index (κ1) is 58.8. The number of thiophene rings is 1. The Morgan fingerprint density at radius 3 is 2.24 bits per heavy atom. The van der Waals surface area contributed by atoms with Crippen molar-refractivity contribution in [3.05, 3.63) is 117 Å². The number of primary amides is 1. The highest BCUT2D eigenvalue weighted by Gasteiger charge is 2.44. The van der Waals surface area contributed by atoms with Crippen LogP contribution in [0.25, 0.3) is 26.5 Å². The van der Waals surface area contributed by atoms with Crippen molar-refractivity contribution in [2.45, 2.75) is 84.6 Å². The number of hydrogen-bond acceptors (Lipinski definition) is 15. The lowest BCUT2D eigenvalue weighted by molar-refractivity contribution is -0.144. The van der Waals surface area contributed by atoms with Gasteiger partial charge in [0.15, 0.2) is 0 Å². The number of aliphatic hydroxyl groups is 1. The van der Waals surface area contributed by atoms with Gasteiger partial charge in [0.05, 0.1) is 71.8 Å². The lowest BCUT2D eigenvalue weighted by atomic mass is 9.85. The number of rotatable bonds is 24. The third kappa shape index (κ3) is 15.3. The molecule has 3 aromatic carbocycles. The first-order valence-electron chi connectivity index (χ1n) is 26.2. The van der Waals surface area contributed by atoms with E-state index in [4.69, 9.17) is 24.7 Å². The summed E-state index contributed by atoms with van der Waals surface area (Å²) in [5.41, 5.74) is 11.4. The summed E-state index contributed by atoms with van der Waals surface area (Å²) in [7, 11) is 0. The number of aromatic nitrogens is 3. The van der Waals surface area contributed by atoms with Crippen LogP contribution in [0.1, 0.15) is 77.8 Å². The van der Waals surface area contributed by atoms with Crippen molar-refractivity contribution >= 4 is 57.3 Å². The number of likely N-dealkylation sites (tertiary alicyclic amines) is 1. The van der Waals surface area contributed by atoms with Crippen molar-refractivity contribution < 1.29 is 56.4 Å². The van der Waals surface area contributed by atoms with Gasteiger partial charge in [-0.3, -0.25) is 33.5 Å². The van der Waals surface area contributed by atoms with Crippen LogP contribution in [0.3, 0.4) is 0 Å². The number of fused-ring (bicyclic) bond motifs is 1. The normalized spacial score (nSPS) is 17.3. The highest BCUT2D eigenvalue weighted by atomic mass is 32.1. The maximum atomic E-state index is 14.0. The molecule has 18 nitrogen and oxygen atoms in total. The molecule has 5 heterocycles. The highest BCUT2D eigenvalue weighted by Crippen LogP contribution is 2.40. The molecule has 2 aliphatic heterocycles. The SMILES string of the molecule is Cc1ncsc1-c1ccc(CNC(=O)[C@@H]2CC(O)CN2C(=O)[C@@H](NC(=O)COCCOCCOCCN2CCN(Cc3ccc4ncn(-c5cc(O[C@H](C)c6ccccc6C(F)(F)F)c(C(N)=O)s5)c4c3)CC2)C(C)(C)C)cc1. The number of nitrogens with zero attached hydrogens (tertiary/aromatic N) is 6. The summed E-state index contributed by atoms with van der Waals surface area (Å²) in [6.07, 6.45) is -4.77. The summed E-state index contributed by atoms with van der Waals surface area (Å²) >= 11 is 2.64. The molecule has 0 spiro atoms. The van der Waals surface area contributed by atoms with Gasteiger partial charge < -0.3 is 45.3 Å². The number of alkyl halides is 3. The second-order valence-electron chi connectivity index (χ2n) is 20.8. The van der Waals surface area contributed by atoms with Crippen LogP contribution in [0, 0.1) is 12.3 Å². The van der Waals surface area contributed by atoms with Gasteiger partial charge in [0.1, 0.15) is 46.7 Å². The Morgan fingerprint density at radius 2 is 1.56 bits per heavy atom. The van der Waals surface area contributed by atoms with E-state index in [0.29, 0.717) is 31.4 Å². The predicted molar refractivity (Wildman–Crippen MR) is 294 cm³/mol. The van der Waals surface area contributed by atoms with Gasteiger partial charge in [0, 0.05) is 70.4 Å². The van der Waals surface area contributed by atoms with E-state index in [2.05, 4.69) is 30.4 Å². The molecule has 6 aromatic rings. The van der Waals surface area contributed by atoms with E-state index < -0.39 is 59.2 Å². The Kier molecular flexibility index (Phi) is 19.6. The summed E-state index contributed by atoms with van der Waals surface area (Å²) in [5.74, 6) is -1.99. The monoisotopic (exact) mass is 1130 g/mol. The van der Waals surface area contributed by atoms with Gasteiger partial charge in [-0.05, 0) is 54.2 Å². The highest BCUT2D eigenvalue weighted by molar-refractivity contribution is 7.16. The van der Waals surface area contributed by atoms with Gasteiger partial charge in [0.25, 0.3) is 5.91 Å². The maximum absolute atomic E-state index is 14.0. The summed E-state index contributed by atoms with van der Waals surface area (Å²) in [6, 6.07) is 18.8. The van der Waals surface area contributed by atoms with E-state index in [-0.39, 0.29) is 61.4 Å². The number of aliphatic hydroxyl groups excluding tert-OH is 1. The van der Waals surface area contributed by atoms with Crippen molar-refractivity contribution in [1.82, 2.24) is 39.9 Å².